The zero-order valence-corrected chi connectivity index (χ0v) is 16.4. The highest BCUT2D eigenvalue weighted by molar-refractivity contribution is 5.88. The van der Waals surface area contributed by atoms with Gasteiger partial charge in [0.2, 0.25) is 0 Å². The molecule has 1 aliphatic carbocycles. The molecular weight excluding hydrogens is 288 g/mol. The van der Waals surface area contributed by atoms with E-state index < -0.39 is 0 Å². The zero-order valence-electron chi connectivity index (χ0n) is 16.4. The minimum Gasteiger partial charge on any atom is -0.0683 e. The Labute approximate surface area is 148 Å². The Morgan fingerprint density at radius 1 is 0.542 bits per heavy atom. The van der Waals surface area contributed by atoms with Crippen LogP contribution in [0.25, 0.3) is 11.1 Å². The Morgan fingerprint density at radius 3 is 1.12 bits per heavy atom. The summed E-state index contributed by atoms with van der Waals surface area (Å²) in [5.41, 5.74) is 8.13. The molecule has 0 aliphatic heterocycles. The third-order valence-corrected chi connectivity index (χ3v) is 4.15. The summed E-state index contributed by atoms with van der Waals surface area (Å²) in [6, 6.07) is 17.7. The van der Waals surface area contributed by atoms with Gasteiger partial charge in [-0.25, -0.2) is 0 Å². The molecular formula is C24H32. The first-order valence-corrected chi connectivity index (χ1v) is 9.21. The quantitative estimate of drug-likeness (QED) is 0.538. The Bertz CT molecular complexity index is 605. The summed E-state index contributed by atoms with van der Waals surface area (Å²) in [6.07, 6.45) is 4.54. The number of hydrogen-bond acceptors (Lipinski definition) is 0. The molecule has 128 valence electrons. The molecule has 2 aromatic carbocycles. The highest BCUT2D eigenvalue weighted by Gasteiger charge is 2.20. The lowest BCUT2D eigenvalue weighted by Gasteiger charge is -2.15. The van der Waals surface area contributed by atoms with E-state index in [9.17, 15) is 0 Å². The van der Waals surface area contributed by atoms with Crippen LogP contribution >= 0.6 is 0 Å². The minimum absolute atomic E-state index is 0.459. The van der Waals surface area contributed by atoms with Crippen molar-refractivity contribution >= 4 is 11.1 Å². The van der Waals surface area contributed by atoms with Crippen molar-refractivity contribution < 1.29 is 0 Å². The van der Waals surface area contributed by atoms with Crippen molar-refractivity contribution in [3.8, 4) is 0 Å². The number of allylic oxidation sites excluding steroid dienone is 4. The van der Waals surface area contributed by atoms with Crippen LogP contribution in [0.5, 0.6) is 0 Å². The Hall–Kier alpha value is -2.08. The largest absolute Gasteiger partial charge is 0.0683 e. The van der Waals surface area contributed by atoms with Crippen molar-refractivity contribution in [1.29, 1.82) is 0 Å². The van der Waals surface area contributed by atoms with Crippen molar-refractivity contribution in [2.24, 2.45) is 5.92 Å². The van der Waals surface area contributed by atoms with Crippen molar-refractivity contribution in [2.45, 2.75) is 48.5 Å². The molecule has 0 atom stereocenters. The summed E-state index contributed by atoms with van der Waals surface area (Å²) in [5, 5.41) is 0. The SMILES string of the molecule is CC.CC.Cc1ccc(C2=CC=C(c3ccc(C)cc3)C2C)cc1. The van der Waals surface area contributed by atoms with Crippen LogP contribution in [0, 0.1) is 19.8 Å². The van der Waals surface area contributed by atoms with Gasteiger partial charge in [0, 0.05) is 5.92 Å². The van der Waals surface area contributed by atoms with Crippen molar-refractivity contribution in [3.05, 3.63) is 82.9 Å². The van der Waals surface area contributed by atoms with Gasteiger partial charge in [-0.3, -0.25) is 0 Å². The first kappa shape index (κ1) is 20.0. The van der Waals surface area contributed by atoms with Crippen LogP contribution < -0.4 is 0 Å². The fourth-order valence-electron chi connectivity index (χ4n) is 2.82. The smallest absolute Gasteiger partial charge is 0.00728 e. The van der Waals surface area contributed by atoms with E-state index in [0.717, 1.165) is 0 Å². The Kier molecular flexibility index (Phi) is 8.26. The first-order chi connectivity index (χ1) is 11.6. The van der Waals surface area contributed by atoms with E-state index in [4.69, 9.17) is 0 Å². The lowest BCUT2D eigenvalue weighted by Crippen LogP contribution is -1.98. The Balaban J connectivity index is 0.000000671. The van der Waals surface area contributed by atoms with Gasteiger partial charge in [-0.05, 0) is 36.1 Å². The van der Waals surface area contributed by atoms with Crippen LogP contribution in [0.15, 0.2) is 60.7 Å². The molecule has 0 saturated carbocycles. The molecule has 0 saturated heterocycles. The van der Waals surface area contributed by atoms with E-state index in [1.807, 2.05) is 27.7 Å². The van der Waals surface area contributed by atoms with E-state index in [1.54, 1.807) is 0 Å². The summed E-state index contributed by atoms with van der Waals surface area (Å²) in [5.74, 6) is 0.459. The van der Waals surface area contributed by atoms with Crippen molar-refractivity contribution in [2.75, 3.05) is 0 Å². The van der Waals surface area contributed by atoms with Gasteiger partial charge in [0.15, 0.2) is 0 Å². The standard InChI is InChI=1S/C20H20.2C2H6/c1-14-4-8-17(9-5-14)19-12-13-20(16(19)3)18-10-6-15(2)7-11-18;2*1-2/h4-13,16H,1-3H3;2*1-2H3. The lowest BCUT2D eigenvalue weighted by molar-refractivity contribution is 1.00. The van der Waals surface area contributed by atoms with Gasteiger partial charge in [0.1, 0.15) is 0 Å². The lowest BCUT2D eigenvalue weighted by atomic mass is 9.88. The number of hydrogen-bond donors (Lipinski definition) is 0. The van der Waals surface area contributed by atoms with Gasteiger partial charge in [0.05, 0.1) is 0 Å². The topological polar surface area (TPSA) is 0 Å². The highest BCUT2D eigenvalue weighted by Crippen LogP contribution is 2.39. The van der Waals surface area contributed by atoms with Gasteiger partial charge >= 0.3 is 0 Å². The predicted molar refractivity (Wildman–Crippen MR) is 110 cm³/mol. The number of benzene rings is 2. The van der Waals surface area contributed by atoms with Crippen LogP contribution in [0.2, 0.25) is 0 Å². The van der Waals surface area contributed by atoms with Crippen LogP contribution in [-0.2, 0) is 0 Å². The van der Waals surface area contributed by atoms with E-state index >= 15 is 0 Å². The first-order valence-electron chi connectivity index (χ1n) is 9.21. The third-order valence-electron chi connectivity index (χ3n) is 4.15. The monoisotopic (exact) mass is 320 g/mol. The minimum atomic E-state index is 0.459. The fraction of sp³-hybridized carbons (Fsp3) is 0.333. The molecule has 3 rings (SSSR count). The highest BCUT2D eigenvalue weighted by atomic mass is 14.2. The summed E-state index contributed by atoms with van der Waals surface area (Å²) in [7, 11) is 0. The van der Waals surface area contributed by atoms with Crippen LogP contribution in [-0.4, -0.2) is 0 Å². The third kappa shape index (κ3) is 4.71. The van der Waals surface area contributed by atoms with E-state index in [2.05, 4.69) is 81.5 Å². The maximum atomic E-state index is 2.30. The van der Waals surface area contributed by atoms with Crippen molar-refractivity contribution in [3.63, 3.8) is 0 Å². The average Bonchev–Trinajstić information content (AvgIpc) is 3.01. The molecule has 0 aromatic heterocycles. The average molecular weight is 321 g/mol. The molecule has 24 heavy (non-hydrogen) atoms. The maximum Gasteiger partial charge on any atom is 0.00728 e. The molecule has 2 aromatic rings. The number of rotatable bonds is 2. The van der Waals surface area contributed by atoms with Crippen LogP contribution in [0.3, 0.4) is 0 Å². The molecule has 0 spiro atoms. The molecule has 0 nitrogen and oxygen atoms in total. The second-order valence-corrected chi connectivity index (χ2v) is 5.70. The molecule has 0 bridgehead atoms. The second kappa shape index (κ2) is 9.93. The summed E-state index contributed by atoms with van der Waals surface area (Å²) in [4.78, 5) is 0. The van der Waals surface area contributed by atoms with Crippen LogP contribution in [0.1, 0.15) is 56.9 Å². The molecule has 0 heterocycles. The summed E-state index contributed by atoms with van der Waals surface area (Å²) < 4.78 is 0. The Morgan fingerprint density at radius 2 is 0.833 bits per heavy atom. The molecule has 0 amide bonds. The van der Waals surface area contributed by atoms with Crippen molar-refractivity contribution in [1.82, 2.24) is 0 Å². The summed E-state index contributed by atoms with van der Waals surface area (Å²) in [6.45, 7) is 14.6. The normalized spacial score (nSPS) is 13.1. The van der Waals surface area contributed by atoms with E-state index in [1.165, 1.54) is 33.4 Å². The number of aryl methyl sites for hydroxylation is 2. The molecule has 0 N–H and O–H groups in total. The second-order valence-electron chi connectivity index (χ2n) is 5.70. The maximum absolute atomic E-state index is 2.30. The molecule has 0 heteroatoms. The van der Waals surface area contributed by atoms with Crippen LogP contribution in [0.4, 0.5) is 0 Å². The molecule has 0 fully saturated rings. The van der Waals surface area contributed by atoms with E-state index in [0.29, 0.717) is 5.92 Å². The predicted octanol–water partition coefficient (Wildman–Crippen LogP) is 7.47. The van der Waals surface area contributed by atoms with E-state index in [-0.39, 0.29) is 0 Å². The van der Waals surface area contributed by atoms with Gasteiger partial charge in [-0.2, -0.15) is 0 Å². The van der Waals surface area contributed by atoms with Gasteiger partial charge in [-0.1, -0.05) is 106 Å². The van der Waals surface area contributed by atoms with Gasteiger partial charge < -0.3 is 0 Å². The summed E-state index contributed by atoms with van der Waals surface area (Å²) >= 11 is 0. The zero-order chi connectivity index (χ0) is 18.1. The van der Waals surface area contributed by atoms with Gasteiger partial charge in [0.25, 0.3) is 0 Å². The molecule has 1 aliphatic rings. The fourth-order valence-corrected chi connectivity index (χ4v) is 2.82. The molecule has 0 radical (unpaired) electrons. The van der Waals surface area contributed by atoms with Gasteiger partial charge in [-0.15, -0.1) is 0 Å². The molecule has 0 unspecified atom stereocenters.